The molecule has 1 aromatic rings. The zero-order valence-electron chi connectivity index (χ0n) is 15.3. The number of nitrogens with one attached hydrogen (secondary N) is 1. The Kier molecular flexibility index (Phi) is 13.5. The number of carbonyl (C=O) groups excluding carboxylic acids is 1. The Bertz CT molecular complexity index is 514. The molecule has 1 fully saturated rings. The van der Waals surface area contributed by atoms with Gasteiger partial charge < -0.3 is 20.5 Å². The maximum atomic E-state index is 11.5. The number of rotatable bonds is 9. The Morgan fingerprint density at radius 2 is 2.08 bits per heavy atom. The highest BCUT2D eigenvalue weighted by Crippen LogP contribution is 2.15. The van der Waals surface area contributed by atoms with Crippen LogP contribution in [0.2, 0.25) is 0 Å². The maximum absolute atomic E-state index is 11.5. The average molecular weight is 408 g/mol. The summed E-state index contributed by atoms with van der Waals surface area (Å²) in [6.45, 7) is 4.12. The molecule has 1 aromatic carbocycles. The van der Waals surface area contributed by atoms with Crippen molar-refractivity contribution in [2.75, 3.05) is 40.0 Å². The van der Waals surface area contributed by atoms with Crippen molar-refractivity contribution >= 4 is 30.7 Å². The van der Waals surface area contributed by atoms with E-state index in [4.69, 9.17) is 15.2 Å². The molecule has 0 unspecified atom stereocenters. The molecule has 6 nitrogen and oxygen atoms in total. The van der Waals surface area contributed by atoms with Crippen LogP contribution < -0.4 is 15.8 Å². The van der Waals surface area contributed by atoms with E-state index in [0.29, 0.717) is 32.2 Å². The van der Waals surface area contributed by atoms with Gasteiger partial charge in [-0.15, -0.1) is 24.8 Å². The fourth-order valence-electron chi connectivity index (χ4n) is 2.78. The second kappa shape index (κ2) is 14.1. The Balaban J connectivity index is 0.00000312. The van der Waals surface area contributed by atoms with Crippen molar-refractivity contribution in [2.45, 2.75) is 31.8 Å². The van der Waals surface area contributed by atoms with Gasteiger partial charge in [0.2, 0.25) is 5.91 Å². The minimum absolute atomic E-state index is 0. The van der Waals surface area contributed by atoms with Gasteiger partial charge in [-0.05, 0) is 37.6 Å². The molecule has 8 heteroatoms. The lowest BCUT2D eigenvalue weighted by atomic mass is 10.1. The van der Waals surface area contributed by atoms with Crippen molar-refractivity contribution in [3.05, 3.63) is 29.8 Å². The summed E-state index contributed by atoms with van der Waals surface area (Å²) in [5.74, 6) is 0.808. The highest BCUT2D eigenvalue weighted by Gasteiger charge is 2.17. The van der Waals surface area contributed by atoms with Crippen LogP contribution in [0.15, 0.2) is 24.3 Å². The number of benzene rings is 1. The Hall–Kier alpha value is -1.05. The first-order valence-electron chi connectivity index (χ1n) is 8.65. The van der Waals surface area contributed by atoms with Crippen LogP contribution in [0.3, 0.4) is 0 Å². The molecule has 1 amide bonds. The standard InChI is InChI=1S/C18H29N3O3.2ClH/c1-21(16-6-10-23-11-7-16)9-12-24-17-4-2-3-15(13-17)14-20-18(22)5-8-19;;/h2-4,13,16H,5-12,14,19H2,1H3,(H,20,22);2*1H. The molecule has 1 aliphatic rings. The SMILES string of the molecule is CN(CCOc1cccc(CNC(=O)CCN)c1)C1CCOCC1.Cl.Cl. The normalized spacial score (nSPS) is 14.3. The summed E-state index contributed by atoms with van der Waals surface area (Å²) in [5, 5.41) is 2.85. The molecule has 0 bridgehead atoms. The summed E-state index contributed by atoms with van der Waals surface area (Å²) in [7, 11) is 2.14. The largest absolute Gasteiger partial charge is 0.492 e. The van der Waals surface area contributed by atoms with Gasteiger partial charge in [0.15, 0.2) is 0 Å². The number of hydrogen-bond acceptors (Lipinski definition) is 5. The summed E-state index contributed by atoms with van der Waals surface area (Å²) < 4.78 is 11.3. The van der Waals surface area contributed by atoms with E-state index < -0.39 is 0 Å². The third kappa shape index (κ3) is 9.05. The van der Waals surface area contributed by atoms with Crippen LogP contribution in [0.1, 0.15) is 24.8 Å². The van der Waals surface area contributed by atoms with Crippen molar-refractivity contribution < 1.29 is 14.3 Å². The first-order chi connectivity index (χ1) is 11.7. The van der Waals surface area contributed by atoms with Gasteiger partial charge >= 0.3 is 0 Å². The van der Waals surface area contributed by atoms with Gasteiger partial charge in [0.05, 0.1) is 0 Å². The van der Waals surface area contributed by atoms with E-state index in [1.54, 1.807) is 0 Å². The topological polar surface area (TPSA) is 76.8 Å². The Labute approximate surface area is 168 Å². The van der Waals surface area contributed by atoms with Crippen LogP contribution >= 0.6 is 24.8 Å². The van der Waals surface area contributed by atoms with Gasteiger partial charge in [0.1, 0.15) is 12.4 Å². The molecule has 150 valence electrons. The molecule has 1 saturated heterocycles. The summed E-state index contributed by atoms with van der Waals surface area (Å²) in [6, 6.07) is 8.43. The van der Waals surface area contributed by atoms with Crippen LogP contribution in [0.4, 0.5) is 0 Å². The van der Waals surface area contributed by atoms with Crippen molar-refractivity contribution in [1.29, 1.82) is 0 Å². The third-order valence-electron chi connectivity index (χ3n) is 4.29. The Morgan fingerprint density at radius 3 is 2.77 bits per heavy atom. The van der Waals surface area contributed by atoms with E-state index in [-0.39, 0.29) is 30.7 Å². The number of carbonyl (C=O) groups is 1. The zero-order valence-corrected chi connectivity index (χ0v) is 16.9. The lowest BCUT2D eigenvalue weighted by Gasteiger charge is -2.31. The molecule has 0 atom stereocenters. The molecule has 0 spiro atoms. The van der Waals surface area contributed by atoms with E-state index in [2.05, 4.69) is 17.3 Å². The third-order valence-corrected chi connectivity index (χ3v) is 4.29. The summed E-state index contributed by atoms with van der Waals surface area (Å²) in [4.78, 5) is 13.8. The van der Waals surface area contributed by atoms with Crippen LogP contribution in [-0.2, 0) is 16.1 Å². The second-order valence-electron chi connectivity index (χ2n) is 6.14. The van der Waals surface area contributed by atoms with Crippen LogP contribution in [0, 0.1) is 0 Å². The van der Waals surface area contributed by atoms with Gasteiger partial charge in [-0.25, -0.2) is 0 Å². The zero-order chi connectivity index (χ0) is 17.2. The molecule has 3 N–H and O–H groups in total. The highest BCUT2D eigenvalue weighted by atomic mass is 35.5. The van der Waals surface area contributed by atoms with Gasteiger partial charge in [0.25, 0.3) is 0 Å². The fourth-order valence-corrected chi connectivity index (χ4v) is 2.78. The van der Waals surface area contributed by atoms with Crippen LogP contribution in [0.25, 0.3) is 0 Å². The first kappa shape index (κ1) is 24.9. The molecule has 0 radical (unpaired) electrons. The molecule has 26 heavy (non-hydrogen) atoms. The number of amides is 1. The number of ether oxygens (including phenoxy) is 2. The van der Waals surface area contributed by atoms with Gasteiger partial charge in [-0.3, -0.25) is 9.69 Å². The number of hydrogen-bond donors (Lipinski definition) is 2. The molecule has 0 aromatic heterocycles. The fraction of sp³-hybridized carbons (Fsp3) is 0.611. The van der Waals surface area contributed by atoms with E-state index in [0.717, 1.165) is 43.9 Å². The van der Waals surface area contributed by atoms with E-state index in [1.807, 2.05) is 24.3 Å². The number of halogens is 2. The minimum atomic E-state index is -0.0260. The molecule has 0 aliphatic carbocycles. The van der Waals surface area contributed by atoms with Crippen molar-refractivity contribution in [1.82, 2.24) is 10.2 Å². The molecule has 0 saturated carbocycles. The maximum Gasteiger partial charge on any atom is 0.221 e. The monoisotopic (exact) mass is 407 g/mol. The van der Waals surface area contributed by atoms with Gasteiger partial charge in [0, 0.05) is 45.3 Å². The minimum Gasteiger partial charge on any atom is -0.492 e. The van der Waals surface area contributed by atoms with Crippen molar-refractivity contribution in [3.8, 4) is 5.75 Å². The predicted molar refractivity (Wildman–Crippen MR) is 108 cm³/mol. The van der Waals surface area contributed by atoms with Crippen LogP contribution in [0.5, 0.6) is 5.75 Å². The van der Waals surface area contributed by atoms with Gasteiger partial charge in [-0.1, -0.05) is 12.1 Å². The van der Waals surface area contributed by atoms with E-state index >= 15 is 0 Å². The number of likely N-dealkylation sites (N-methyl/N-ethyl adjacent to an activating group) is 1. The summed E-state index contributed by atoms with van der Waals surface area (Å²) in [6.07, 6.45) is 2.54. The van der Waals surface area contributed by atoms with Crippen LogP contribution in [-0.4, -0.2) is 56.8 Å². The number of nitrogens with zero attached hydrogens (tertiary/aromatic N) is 1. The summed E-state index contributed by atoms with van der Waals surface area (Å²) >= 11 is 0. The average Bonchev–Trinajstić information content (AvgIpc) is 2.61. The lowest BCUT2D eigenvalue weighted by Crippen LogP contribution is -2.38. The molecule has 2 rings (SSSR count). The highest BCUT2D eigenvalue weighted by molar-refractivity contribution is 5.85. The molecule has 1 heterocycles. The predicted octanol–water partition coefficient (Wildman–Crippen LogP) is 1.98. The van der Waals surface area contributed by atoms with E-state index in [9.17, 15) is 4.79 Å². The second-order valence-corrected chi connectivity index (χ2v) is 6.14. The molecule has 1 aliphatic heterocycles. The van der Waals surface area contributed by atoms with E-state index in [1.165, 1.54) is 0 Å². The quantitative estimate of drug-likeness (QED) is 0.654. The first-order valence-corrected chi connectivity index (χ1v) is 8.65. The van der Waals surface area contributed by atoms with Gasteiger partial charge in [-0.2, -0.15) is 0 Å². The summed E-state index contributed by atoms with van der Waals surface area (Å²) in [5.41, 5.74) is 6.39. The number of nitrogens with two attached hydrogens (primary N) is 1. The Morgan fingerprint density at radius 1 is 1.35 bits per heavy atom. The molecular formula is C18H31Cl2N3O3. The van der Waals surface area contributed by atoms with Crippen molar-refractivity contribution in [3.63, 3.8) is 0 Å². The van der Waals surface area contributed by atoms with Crippen molar-refractivity contribution in [2.24, 2.45) is 5.73 Å². The lowest BCUT2D eigenvalue weighted by molar-refractivity contribution is -0.121. The smallest absolute Gasteiger partial charge is 0.221 e. The molecular weight excluding hydrogens is 377 g/mol.